The van der Waals surface area contributed by atoms with E-state index >= 15 is 0 Å². The van der Waals surface area contributed by atoms with Crippen LogP contribution in [0.15, 0.2) is 23.8 Å². The number of carbonyl (C=O) groups is 1. The molecule has 0 heterocycles. The number of fused-ring (bicyclic) bond motifs is 3. The normalized spacial score (nSPS) is 33.3. The Morgan fingerprint density at radius 1 is 1.38 bits per heavy atom. The van der Waals surface area contributed by atoms with Gasteiger partial charge in [0.1, 0.15) is 5.75 Å². The smallest absolute Gasteiger partial charge is 0.162 e. The second kappa shape index (κ2) is 4.22. The van der Waals surface area contributed by atoms with Crippen LogP contribution in [0, 0.1) is 17.3 Å². The number of ketones is 1. The van der Waals surface area contributed by atoms with Gasteiger partial charge in [0.2, 0.25) is 0 Å². The number of Topliss-reactive ketones (excluding diaryl/α,β-unsaturated/α-hetero) is 1. The van der Waals surface area contributed by atoms with E-state index < -0.39 is 0 Å². The quantitative estimate of drug-likeness (QED) is 0.886. The molecule has 0 radical (unpaired) electrons. The first-order valence-corrected chi connectivity index (χ1v) is 8.14. The van der Waals surface area contributed by atoms with Gasteiger partial charge in [0.25, 0.3) is 0 Å². The van der Waals surface area contributed by atoms with Crippen LogP contribution in [0.5, 0.6) is 5.75 Å². The lowest BCUT2D eigenvalue weighted by Crippen LogP contribution is -2.30. The van der Waals surface area contributed by atoms with Crippen LogP contribution in [-0.2, 0) is 11.2 Å². The van der Waals surface area contributed by atoms with E-state index in [0.717, 1.165) is 24.8 Å². The summed E-state index contributed by atoms with van der Waals surface area (Å²) in [4.78, 5) is 12.6. The van der Waals surface area contributed by atoms with E-state index in [-0.39, 0.29) is 11.3 Å². The Balaban J connectivity index is 1.94. The molecule has 0 aromatic heterocycles. The number of benzene rings is 1. The third-order valence-electron chi connectivity index (χ3n) is 6.08. The summed E-state index contributed by atoms with van der Waals surface area (Å²) in [5, 5.41) is 9.80. The third kappa shape index (κ3) is 1.56. The van der Waals surface area contributed by atoms with Gasteiger partial charge in [0.15, 0.2) is 5.78 Å². The monoisotopic (exact) mass is 282 g/mol. The van der Waals surface area contributed by atoms with Crippen molar-refractivity contribution >= 4 is 11.4 Å². The average Bonchev–Trinajstić information content (AvgIpc) is 2.94. The minimum absolute atomic E-state index is 0.175. The number of hydrogen-bond donors (Lipinski definition) is 1. The molecule has 4 rings (SSSR count). The van der Waals surface area contributed by atoms with Gasteiger partial charge in [-0.3, -0.25) is 4.79 Å². The molecule has 21 heavy (non-hydrogen) atoms. The van der Waals surface area contributed by atoms with E-state index in [1.165, 1.54) is 29.5 Å². The van der Waals surface area contributed by atoms with Crippen molar-refractivity contribution in [2.24, 2.45) is 17.3 Å². The highest BCUT2D eigenvalue weighted by Crippen LogP contribution is 2.65. The van der Waals surface area contributed by atoms with Crippen molar-refractivity contribution in [2.45, 2.75) is 46.0 Å². The molecule has 1 fully saturated rings. The van der Waals surface area contributed by atoms with Gasteiger partial charge in [0, 0.05) is 11.3 Å². The molecule has 3 atom stereocenters. The molecule has 0 amide bonds. The molecule has 0 unspecified atom stereocenters. The Kier molecular flexibility index (Phi) is 2.64. The van der Waals surface area contributed by atoms with E-state index in [1.807, 2.05) is 19.1 Å². The van der Waals surface area contributed by atoms with Crippen LogP contribution in [0.3, 0.4) is 0 Å². The molecule has 3 aliphatic carbocycles. The number of allylic oxidation sites excluding steroid dienone is 2. The highest BCUT2D eigenvalue weighted by molar-refractivity contribution is 6.08. The number of phenolic OH excluding ortho intramolecular Hbond substituents is 1. The first-order valence-electron chi connectivity index (χ1n) is 8.14. The molecule has 1 saturated carbocycles. The van der Waals surface area contributed by atoms with Crippen molar-refractivity contribution in [3.8, 4) is 5.75 Å². The number of hydrogen-bond acceptors (Lipinski definition) is 2. The molecule has 2 nitrogen and oxygen atoms in total. The maximum absolute atomic E-state index is 12.6. The largest absolute Gasteiger partial charge is 0.508 e. The van der Waals surface area contributed by atoms with Crippen LogP contribution in [0.4, 0.5) is 0 Å². The van der Waals surface area contributed by atoms with E-state index in [4.69, 9.17) is 0 Å². The Morgan fingerprint density at radius 2 is 2.19 bits per heavy atom. The van der Waals surface area contributed by atoms with Crippen molar-refractivity contribution in [3.63, 3.8) is 0 Å². The molecule has 1 aromatic carbocycles. The van der Waals surface area contributed by atoms with Crippen molar-refractivity contribution in [1.82, 2.24) is 0 Å². The molecule has 2 bridgehead atoms. The second-order valence-corrected chi connectivity index (χ2v) is 7.16. The van der Waals surface area contributed by atoms with E-state index in [1.54, 1.807) is 6.07 Å². The van der Waals surface area contributed by atoms with Crippen molar-refractivity contribution < 1.29 is 9.90 Å². The molecular formula is C19H22O2. The topological polar surface area (TPSA) is 37.3 Å². The third-order valence-corrected chi connectivity index (χ3v) is 6.08. The molecular weight excluding hydrogens is 260 g/mol. The minimum Gasteiger partial charge on any atom is -0.508 e. The first kappa shape index (κ1) is 13.1. The van der Waals surface area contributed by atoms with Gasteiger partial charge >= 0.3 is 0 Å². The molecule has 110 valence electrons. The van der Waals surface area contributed by atoms with Crippen LogP contribution in [-0.4, -0.2) is 10.9 Å². The summed E-state index contributed by atoms with van der Waals surface area (Å²) < 4.78 is 0. The maximum atomic E-state index is 12.6. The fraction of sp³-hybridized carbons (Fsp3) is 0.526. The zero-order valence-electron chi connectivity index (χ0n) is 12.8. The summed E-state index contributed by atoms with van der Waals surface area (Å²) in [7, 11) is 0. The molecule has 0 saturated heterocycles. The zero-order chi connectivity index (χ0) is 14.8. The predicted molar refractivity (Wildman–Crippen MR) is 83.0 cm³/mol. The summed E-state index contributed by atoms with van der Waals surface area (Å²) in [6.07, 6.45) is 5.49. The van der Waals surface area contributed by atoms with E-state index in [0.29, 0.717) is 17.5 Å². The van der Waals surface area contributed by atoms with Gasteiger partial charge in [-0.05, 0) is 72.9 Å². The SMILES string of the molecule is CCC[C@@H]1C[C@@H]2C[C@]13Cc1cc(O)ccc1C3=C(C)C2=O. The van der Waals surface area contributed by atoms with Crippen molar-refractivity contribution in [2.75, 3.05) is 0 Å². The lowest BCUT2D eigenvalue weighted by atomic mass is 9.67. The number of aromatic hydroxyl groups is 1. The average molecular weight is 282 g/mol. The highest BCUT2D eigenvalue weighted by atomic mass is 16.3. The summed E-state index contributed by atoms with van der Waals surface area (Å²) in [6, 6.07) is 5.69. The van der Waals surface area contributed by atoms with E-state index in [9.17, 15) is 9.90 Å². The van der Waals surface area contributed by atoms with Crippen LogP contribution in [0.2, 0.25) is 0 Å². The fourth-order valence-corrected chi connectivity index (χ4v) is 5.40. The summed E-state index contributed by atoms with van der Waals surface area (Å²) in [5.74, 6) is 1.58. The summed E-state index contributed by atoms with van der Waals surface area (Å²) in [5.41, 5.74) is 4.94. The van der Waals surface area contributed by atoms with Crippen LogP contribution < -0.4 is 0 Å². The fourth-order valence-electron chi connectivity index (χ4n) is 5.40. The molecule has 1 spiro atoms. The molecule has 2 heteroatoms. The Labute approximate surface area is 125 Å². The molecule has 1 N–H and O–H groups in total. The zero-order valence-corrected chi connectivity index (χ0v) is 12.8. The Bertz CT molecular complexity index is 670. The summed E-state index contributed by atoms with van der Waals surface area (Å²) >= 11 is 0. The minimum atomic E-state index is 0.175. The van der Waals surface area contributed by atoms with Crippen LogP contribution >= 0.6 is 0 Å². The molecule has 3 aliphatic rings. The van der Waals surface area contributed by atoms with Crippen LogP contribution in [0.1, 0.15) is 50.7 Å². The first-order chi connectivity index (χ1) is 10.1. The number of phenols is 1. The summed E-state index contributed by atoms with van der Waals surface area (Å²) in [6.45, 7) is 4.26. The standard InChI is InChI=1S/C19H22O2/c1-3-4-14-7-13-10-19(14)9-12-8-15(20)5-6-16(12)17(19)11(2)18(13)21/h5-6,8,13-14,20H,3-4,7,9-10H2,1-2H3/t13-,14-,19-/m1/s1. The number of rotatable bonds is 2. The Hall–Kier alpha value is -1.57. The molecule has 1 aromatic rings. The lowest BCUT2D eigenvalue weighted by Gasteiger charge is -2.36. The van der Waals surface area contributed by atoms with E-state index in [2.05, 4.69) is 6.92 Å². The van der Waals surface area contributed by atoms with Gasteiger partial charge in [-0.1, -0.05) is 19.4 Å². The van der Waals surface area contributed by atoms with Gasteiger partial charge in [-0.15, -0.1) is 0 Å². The molecule has 0 aliphatic heterocycles. The predicted octanol–water partition coefficient (Wildman–Crippen LogP) is 4.12. The Morgan fingerprint density at radius 3 is 2.95 bits per heavy atom. The van der Waals surface area contributed by atoms with Crippen molar-refractivity contribution in [3.05, 3.63) is 34.9 Å². The van der Waals surface area contributed by atoms with Gasteiger partial charge in [0.05, 0.1) is 0 Å². The van der Waals surface area contributed by atoms with Gasteiger partial charge in [-0.25, -0.2) is 0 Å². The van der Waals surface area contributed by atoms with Crippen LogP contribution in [0.25, 0.3) is 5.57 Å². The van der Waals surface area contributed by atoms with Gasteiger partial charge in [-0.2, -0.15) is 0 Å². The van der Waals surface area contributed by atoms with Gasteiger partial charge < -0.3 is 5.11 Å². The number of carbonyl (C=O) groups excluding carboxylic acids is 1. The second-order valence-electron chi connectivity index (χ2n) is 7.16. The van der Waals surface area contributed by atoms with Crippen molar-refractivity contribution in [1.29, 1.82) is 0 Å². The maximum Gasteiger partial charge on any atom is 0.162 e. The lowest BCUT2D eigenvalue weighted by molar-refractivity contribution is -0.119. The highest BCUT2D eigenvalue weighted by Gasteiger charge is 2.58.